The van der Waals surface area contributed by atoms with Gasteiger partial charge in [0.15, 0.2) is 0 Å². The number of anilines is 2. The van der Waals surface area contributed by atoms with E-state index in [-0.39, 0.29) is 17.3 Å². The number of para-hydroxylation sites is 1. The van der Waals surface area contributed by atoms with E-state index in [4.69, 9.17) is 0 Å². The minimum atomic E-state index is -3.69. The van der Waals surface area contributed by atoms with Gasteiger partial charge < -0.3 is 4.90 Å². The maximum absolute atomic E-state index is 13.0. The van der Waals surface area contributed by atoms with E-state index in [2.05, 4.69) is 0 Å². The van der Waals surface area contributed by atoms with Crippen LogP contribution in [0.25, 0.3) is 0 Å². The van der Waals surface area contributed by atoms with Crippen LogP contribution in [0.3, 0.4) is 0 Å². The summed E-state index contributed by atoms with van der Waals surface area (Å²) >= 11 is 0. The zero-order valence-corrected chi connectivity index (χ0v) is 15.1. The molecule has 2 heterocycles. The largest absolute Gasteiger partial charge is 0.308 e. The van der Waals surface area contributed by atoms with E-state index in [1.807, 2.05) is 24.3 Å². The van der Waals surface area contributed by atoms with Crippen LogP contribution < -0.4 is 9.21 Å². The Balaban J connectivity index is 1.69. The van der Waals surface area contributed by atoms with Gasteiger partial charge in [-0.25, -0.2) is 12.7 Å². The second kappa shape index (κ2) is 5.95. The standard InChI is InChI=1S/C19H18N2O4S/c1-13-12-26(24,25)21(18(13)22)16-7-4-6-15(11-16)19(23)20-10-9-14-5-2-3-8-17(14)20/h2-8,11,13H,9-10,12H2,1H3. The Labute approximate surface area is 152 Å². The first-order valence-electron chi connectivity index (χ1n) is 8.45. The third-order valence-corrected chi connectivity index (χ3v) is 6.69. The van der Waals surface area contributed by atoms with Crippen LogP contribution in [-0.2, 0) is 21.2 Å². The molecule has 0 aromatic heterocycles. The van der Waals surface area contributed by atoms with Crippen molar-refractivity contribution < 1.29 is 18.0 Å². The Hall–Kier alpha value is -2.67. The molecule has 2 aromatic carbocycles. The molecule has 1 fully saturated rings. The van der Waals surface area contributed by atoms with Crippen molar-refractivity contribution in [3.63, 3.8) is 0 Å². The summed E-state index contributed by atoms with van der Waals surface area (Å²) in [5, 5.41) is 0. The van der Waals surface area contributed by atoms with Crippen LogP contribution in [0.1, 0.15) is 22.8 Å². The topological polar surface area (TPSA) is 74.8 Å². The van der Waals surface area contributed by atoms with Crippen molar-refractivity contribution in [1.82, 2.24) is 0 Å². The third kappa shape index (κ3) is 2.59. The Bertz CT molecular complexity index is 1020. The fraction of sp³-hybridized carbons (Fsp3) is 0.263. The molecule has 2 aliphatic rings. The number of benzene rings is 2. The van der Waals surface area contributed by atoms with Gasteiger partial charge in [0.25, 0.3) is 5.91 Å². The van der Waals surface area contributed by atoms with Gasteiger partial charge in [-0.3, -0.25) is 9.59 Å². The van der Waals surface area contributed by atoms with E-state index >= 15 is 0 Å². The quantitative estimate of drug-likeness (QED) is 0.812. The highest BCUT2D eigenvalue weighted by molar-refractivity contribution is 7.94. The summed E-state index contributed by atoms with van der Waals surface area (Å²) in [5.74, 6) is -1.44. The van der Waals surface area contributed by atoms with Crippen LogP contribution in [0, 0.1) is 5.92 Å². The highest BCUT2D eigenvalue weighted by atomic mass is 32.2. The van der Waals surface area contributed by atoms with Crippen molar-refractivity contribution in [3.05, 3.63) is 59.7 Å². The molecule has 1 saturated heterocycles. The highest BCUT2D eigenvalue weighted by Gasteiger charge is 2.42. The molecule has 7 heteroatoms. The smallest absolute Gasteiger partial charge is 0.258 e. The zero-order chi connectivity index (χ0) is 18.5. The summed E-state index contributed by atoms with van der Waals surface area (Å²) < 4.78 is 25.4. The Morgan fingerprint density at radius 3 is 2.62 bits per heavy atom. The van der Waals surface area contributed by atoms with E-state index in [1.165, 1.54) is 6.07 Å². The molecular weight excluding hydrogens is 352 g/mol. The lowest BCUT2D eigenvalue weighted by Crippen LogP contribution is -2.31. The van der Waals surface area contributed by atoms with E-state index in [0.29, 0.717) is 12.1 Å². The van der Waals surface area contributed by atoms with Gasteiger partial charge in [0.05, 0.1) is 17.4 Å². The zero-order valence-electron chi connectivity index (χ0n) is 14.3. The lowest BCUT2D eigenvalue weighted by atomic mass is 10.1. The van der Waals surface area contributed by atoms with Gasteiger partial charge >= 0.3 is 0 Å². The molecule has 2 aliphatic heterocycles. The molecule has 1 atom stereocenters. The predicted molar refractivity (Wildman–Crippen MR) is 98.7 cm³/mol. The van der Waals surface area contributed by atoms with E-state index in [1.54, 1.807) is 30.0 Å². The summed E-state index contributed by atoms with van der Waals surface area (Å²) in [4.78, 5) is 26.9. The maximum Gasteiger partial charge on any atom is 0.258 e. The molecular formula is C19H18N2O4S. The lowest BCUT2D eigenvalue weighted by molar-refractivity contribution is -0.119. The average Bonchev–Trinajstić information content (AvgIpc) is 3.13. The second-order valence-corrected chi connectivity index (χ2v) is 8.53. The van der Waals surface area contributed by atoms with Gasteiger partial charge in [-0.15, -0.1) is 0 Å². The molecule has 134 valence electrons. The first-order valence-corrected chi connectivity index (χ1v) is 10.1. The first-order chi connectivity index (χ1) is 12.4. The predicted octanol–water partition coefficient (Wildman–Crippen LogP) is 2.20. The molecule has 0 spiro atoms. The van der Waals surface area contributed by atoms with Gasteiger partial charge in [0.1, 0.15) is 0 Å². The second-order valence-electron chi connectivity index (χ2n) is 6.67. The summed E-state index contributed by atoms with van der Waals surface area (Å²) in [6.45, 7) is 2.18. The molecule has 0 bridgehead atoms. The van der Waals surface area contributed by atoms with Crippen molar-refractivity contribution >= 4 is 33.2 Å². The number of nitrogens with zero attached hydrogens (tertiary/aromatic N) is 2. The van der Waals surface area contributed by atoms with Crippen molar-refractivity contribution in [3.8, 4) is 0 Å². The van der Waals surface area contributed by atoms with Crippen LogP contribution in [0.5, 0.6) is 0 Å². The van der Waals surface area contributed by atoms with Gasteiger partial charge in [0.2, 0.25) is 15.9 Å². The molecule has 4 rings (SSSR count). The number of sulfonamides is 1. The van der Waals surface area contributed by atoms with Crippen LogP contribution >= 0.6 is 0 Å². The normalized spacial score (nSPS) is 21.1. The average molecular weight is 370 g/mol. The molecule has 6 nitrogen and oxygen atoms in total. The number of amides is 2. The Morgan fingerprint density at radius 2 is 1.88 bits per heavy atom. The highest BCUT2D eigenvalue weighted by Crippen LogP contribution is 2.31. The molecule has 0 aliphatic carbocycles. The monoisotopic (exact) mass is 370 g/mol. The van der Waals surface area contributed by atoms with Crippen molar-refractivity contribution in [2.24, 2.45) is 5.92 Å². The summed E-state index contributed by atoms with van der Waals surface area (Å²) in [7, 11) is -3.69. The number of fused-ring (bicyclic) bond motifs is 1. The summed E-state index contributed by atoms with van der Waals surface area (Å²) in [6.07, 6.45) is 0.790. The Kier molecular flexibility index (Phi) is 3.84. The van der Waals surface area contributed by atoms with Crippen LogP contribution in [0.15, 0.2) is 48.5 Å². The van der Waals surface area contributed by atoms with Crippen molar-refractivity contribution in [2.45, 2.75) is 13.3 Å². The number of carbonyl (C=O) groups is 2. The molecule has 0 N–H and O–H groups in total. The number of hydrogen-bond donors (Lipinski definition) is 0. The van der Waals surface area contributed by atoms with Crippen LogP contribution in [-0.4, -0.2) is 32.5 Å². The van der Waals surface area contributed by atoms with Gasteiger partial charge in [-0.2, -0.15) is 0 Å². The van der Waals surface area contributed by atoms with E-state index in [9.17, 15) is 18.0 Å². The van der Waals surface area contributed by atoms with Crippen LogP contribution in [0.4, 0.5) is 11.4 Å². The number of rotatable bonds is 2. The van der Waals surface area contributed by atoms with Gasteiger partial charge in [0, 0.05) is 17.8 Å². The molecule has 1 unspecified atom stereocenters. The molecule has 2 amide bonds. The van der Waals surface area contributed by atoms with Gasteiger partial charge in [-0.1, -0.05) is 31.2 Å². The summed E-state index contributed by atoms with van der Waals surface area (Å²) in [5.41, 5.74) is 2.57. The SMILES string of the molecule is CC1CS(=O)(=O)N(c2cccc(C(=O)N3CCc4ccccc43)c2)C1=O. The van der Waals surface area contributed by atoms with Crippen LogP contribution in [0.2, 0.25) is 0 Å². The minimum absolute atomic E-state index is 0.200. The van der Waals surface area contributed by atoms with Crippen molar-refractivity contribution in [1.29, 1.82) is 0 Å². The molecule has 0 saturated carbocycles. The number of hydrogen-bond acceptors (Lipinski definition) is 4. The Morgan fingerprint density at radius 1 is 1.12 bits per heavy atom. The maximum atomic E-state index is 13.0. The third-order valence-electron chi connectivity index (χ3n) is 4.82. The van der Waals surface area contributed by atoms with E-state index < -0.39 is 21.8 Å². The summed E-state index contributed by atoms with van der Waals surface area (Å²) in [6, 6.07) is 14.0. The molecule has 2 aromatic rings. The number of carbonyl (C=O) groups excluding carboxylic acids is 2. The molecule has 26 heavy (non-hydrogen) atoms. The van der Waals surface area contributed by atoms with Crippen molar-refractivity contribution in [2.75, 3.05) is 21.5 Å². The lowest BCUT2D eigenvalue weighted by Gasteiger charge is -2.19. The first kappa shape index (κ1) is 16.8. The fourth-order valence-electron chi connectivity index (χ4n) is 3.56. The molecule has 0 radical (unpaired) electrons. The fourth-order valence-corrected chi connectivity index (χ4v) is 5.37. The minimum Gasteiger partial charge on any atom is -0.308 e. The van der Waals surface area contributed by atoms with E-state index in [0.717, 1.165) is 22.0 Å². The van der Waals surface area contributed by atoms with Gasteiger partial charge in [-0.05, 0) is 36.2 Å².